The molecule has 0 unspecified atom stereocenters. The monoisotopic (exact) mass is 286 g/mol. The highest BCUT2D eigenvalue weighted by Gasteiger charge is 2.00. The second kappa shape index (κ2) is 3.42. The molecule has 0 saturated carbocycles. The largest absolute Gasteiger partial charge is 0.174 e. The lowest BCUT2D eigenvalue weighted by Crippen LogP contribution is -1.60. The summed E-state index contributed by atoms with van der Waals surface area (Å²) in [5.74, 6) is 0.814. The molecule has 1 rings (SSSR count). The van der Waals surface area contributed by atoms with Crippen molar-refractivity contribution in [3.05, 3.63) is 19.2 Å². The zero-order valence-electron chi connectivity index (χ0n) is 4.40. The lowest BCUT2D eigenvalue weighted by atomic mass is 10.5. The quantitative estimate of drug-likeness (QED) is 0.748. The van der Waals surface area contributed by atoms with Gasteiger partial charge in [0.15, 0.2) is 0 Å². The van der Waals surface area contributed by atoms with Crippen LogP contribution in [0.3, 0.4) is 0 Å². The zero-order valence-corrected chi connectivity index (χ0v) is 9.28. The van der Waals surface area contributed by atoms with Gasteiger partial charge in [0.2, 0.25) is 0 Å². The summed E-state index contributed by atoms with van der Waals surface area (Å²) < 4.78 is 2.27. The van der Waals surface area contributed by atoms with Crippen molar-refractivity contribution < 1.29 is 0 Å². The lowest BCUT2D eigenvalue weighted by molar-refractivity contribution is 1.56. The molecule has 1 heterocycles. The van der Waals surface area contributed by atoms with Crippen molar-refractivity contribution in [1.82, 2.24) is 0 Å². The summed E-state index contributed by atoms with van der Waals surface area (Å²) in [6.07, 6.45) is 0. The molecular weight excluding hydrogens is 284 g/mol. The van der Waals surface area contributed by atoms with Crippen LogP contribution in [0.2, 0.25) is 0 Å². The fourth-order valence-corrected chi connectivity index (χ4v) is 2.79. The molecule has 9 heavy (non-hydrogen) atoms. The third-order valence-electron chi connectivity index (χ3n) is 0.852. The van der Waals surface area contributed by atoms with E-state index in [1.54, 1.807) is 11.3 Å². The first-order valence-electron chi connectivity index (χ1n) is 2.28. The van der Waals surface area contributed by atoms with Crippen LogP contribution in [0.15, 0.2) is 14.3 Å². The van der Waals surface area contributed by atoms with Crippen LogP contribution < -0.4 is 0 Å². The number of hydrogen-bond donors (Lipinski definition) is 1. The highest BCUT2D eigenvalue weighted by Crippen LogP contribution is 2.32. The molecule has 0 fully saturated rings. The molecular formula is C5H4Br2S2. The molecule has 50 valence electrons. The molecule has 0 saturated heterocycles. The van der Waals surface area contributed by atoms with E-state index in [0.717, 1.165) is 14.0 Å². The van der Waals surface area contributed by atoms with Crippen molar-refractivity contribution in [2.75, 3.05) is 0 Å². The summed E-state index contributed by atoms with van der Waals surface area (Å²) in [5.41, 5.74) is 0. The van der Waals surface area contributed by atoms with Crippen molar-refractivity contribution in [2.24, 2.45) is 0 Å². The van der Waals surface area contributed by atoms with E-state index in [4.69, 9.17) is 0 Å². The van der Waals surface area contributed by atoms with E-state index in [9.17, 15) is 0 Å². The zero-order chi connectivity index (χ0) is 6.85. The summed E-state index contributed by atoms with van der Waals surface area (Å²) in [5, 5.41) is 0. The molecule has 0 N–H and O–H groups in total. The molecule has 0 nitrogen and oxygen atoms in total. The van der Waals surface area contributed by atoms with Crippen LogP contribution in [-0.4, -0.2) is 0 Å². The lowest BCUT2D eigenvalue weighted by Gasteiger charge is -1.79. The van der Waals surface area contributed by atoms with Crippen molar-refractivity contribution >= 4 is 55.8 Å². The highest BCUT2D eigenvalue weighted by molar-refractivity contribution is 9.13. The summed E-state index contributed by atoms with van der Waals surface area (Å²) in [4.78, 5) is 1.28. The molecule has 0 bridgehead atoms. The van der Waals surface area contributed by atoms with Crippen molar-refractivity contribution in [3.8, 4) is 0 Å². The van der Waals surface area contributed by atoms with Crippen LogP contribution in [-0.2, 0) is 5.75 Å². The highest BCUT2D eigenvalue weighted by atomic mass is 79.9. The minimum absolute atomic E-state index is 0.814. The fraction of sp³-hybridized carbons (Fsp3) is 0.200. The topological polar surface area (TPSA) is 0 Å². The number of thiophene rings is 1. The van der Waals surface area contributed by atoms with Gasteiger partial charge in [-0.1, -0.05) is 0 Å². The van der Waals surface area contributed by atoms with Crippen LogP contribution in [0.25, 0.3) is 0 Å². The maximum absolute atomic E-state index is 4.14. The first kappa shape index (κ1) is 8.11. The molecule has 0 spiro atoms. The van der Waals surface area contributed by atoms with Crippen molar-refractivity contribution in [2.45, 2.75) is 5.75 Å². The Kier molecular flexibility index (Phi) is 3.08. The number of hydrogen-bond acceptors (Lipinski definition) is 2. The third kappa shape index (κ3) is 1.97. The van der Waals surface area contributed by atoms with E-state index in [2.05, 4.69) is 50.6 Å². The number of rotatable bonds is 1. The standard InChI is InChI=1S/C5H4Br2S2/c6-4-1-3(2-8)9-5(4)7/h1,8H,2H2. The van der Waals surface area contributed by atoms with Gasteiger partial charge in [0.25, 0.3) is 0 Å². The number of thiol groups is 1. The Bertz CT molecular complexity index is 187. The average molecular weight is 288 g/mol. The fourth-order valence-electron chi connectivity index (χ4n) is 0.469. The van der Waals surface area contributed by atoms with Crippen molar-refractivity contribution in [3.63, 3.8) is 0 Å². The Labute approximate surface area is 80.3 Å². The second-order valence-corrected chi connectivity index (χ2v) is 5.12. The van der Waals surface area contributed by atoms with Gasteiger partial charge >= 0.3 is 0 Å². The maximum Gasteiger partial charge on any atom is 0.0843 e. The predicted octanol–water partition coefficient (Wildman–Crippen LogP) is 3.70. The van der Waals surface area contributed by atoms with Crippen LogP contribution in [0.1, 0.15) is 4.88 Å². The van der Waals surface area contributed by atoms with E-state index in [1.165, 1.54) is 4.88 Å². The SMILES string of the molecule is SCc1cc(Br)c(Br)s1. The van der Waals surface area contributed by atoms with E-state index >= 15 is 0 Å². The van der Waals surface area contributed by atoms with Gasteiger partial charge in [-0.25, -0.2) is 0 Å². The van der Waals surface area contributed by atoms with Gasteiger partial charge in [-0.3, -0.25) is 0 Å². The summed E-state index contributed by atoms with van der Waals surface area (Å²) >= 11 is 12.6. The van der Waals surface area contributed by atoms with Crippen LogP contribution in [0.5, 0.6) is 0 Å². The normalized spacial score (nSPS) is 10.1. The summed E-state index contributed by atoms with van der Waals surface area (Å²) in [6, 6.07) is 2.07. The first-order chi connectivity index (χ1) is 4.24. The maximum atomic E-state index is 4.14. The van der Waals surface area contributed by atoms with Gasteiger partial charge in [-0.2, -0.15) is 12.6 Å². The number of halogens is 2. The van der Waals surface area contributed by atoms with Gasteiger partial charge in [-0.15, -0.1) is 11.3 Å². The molecule has 0 amide bonds. The predicted molar refractivity (Wildman–Crippen MR) is 52.4 cm³/mol. The van der Waals surface area contributed by atoms with E-state index in [0.29, 0.717) is 0 Å². The van der Waals surface area contributed by atoms with Crippen LogP contribution in [0.4, 0.5) is 0 Å². The Hall–Kier alpha value is 1.01. The van der Waals surface area contributed by atoms with Crippen molar-refractivity contribution in [1.29, 1.82) is 0 Å². The summed E-state index contributed by atoms with van der Waals surface area (Å²) in [6.45, 7) is 0. The minimum Gasteiger partial charge on any atom is -0.174 e. The van der Waals surface area contributed by atoms with E-state index < -0.39 is 0 Å². The Balaban J connectivity index is 2.98. The Morgan fingerprint density at radius 1 is 1.56 bits per heavy atom. The van der Waals surface area contributed by atoms with E-state index in [-0.39, 0.29) is 0 Å². The second-order valence-electron chi connectivity index (χ2n) is 1.49. The average Bonchev–Trinajstić information content (AvgIpc) is 2.13. The minimum atomic E-state index is 0.814. The molecule has 0 atom stereocenters. The molecule has 0 aliphatic heterocycles. The molecule has 1 aromatic heterocycles. The molecule has 4 heteroatoms. The molecule has 1 aromatic rings. The first-order valence-corrected chi connectivity index (χ1v) is 5.32. The third-order valence-corrected chi connectivity index (χ3v) is 4.66. The van der Waals surface area contributed by atoms with E-state index in [1.807, 2.05) is 0 Å². The smallest absolute Gasteiger partial charge is 0.0843 e. The van der Waals surface area contributed by atoms with Gasteiger partial charge in [0.05, 0.1) is 3.79 Å². The van der Waals surface area contributed by atoms with Gasteiger partial charge in [-0.05, 0) is 37.9 Å². The van der Waals surface area contributed by atoms with Gasteiger partial charge < -0.3 is 0 Å². The Morgan fingerprint density at radius 3 is 2.44 bits per heavy atom. The molecule has 0 radical (unpaired) electrons. The molecule has 0 aliphatic carbocycles. The van der Waals surface area contributed by atoms with Gasteiger partial charge in [0.1, 0.15) is 0 Å². The molecule has 0 aliphatic rings. The van der Waals surface area contributed by atoms with Crippen LogP contribution >= 0.6 is 55.8 Å². The summed E-state index contributed by atoms with van der Waals surface area (Å²) in [7, 11) is 0. The Morgan fingerprint density at radius 2 is 2.22 bits per heavy atom. The molecule has 0 aromatic carbocycles. The van der Waals surface area contributed by atoms with Gasteiger partial charge in [0, 0.05) is 15.1 Å². The van der Waals surface area contributed by atoms with Crippen LogP contribution in [0, 0.1) is 0 Å².